The van der Waals surface area contributed by atoms with Crippen LogP contribution in [0.25, 0.3) is 11.3 Å². The van der Waals surface area contributed by atoms with Crippen molar-refractivity contribution in [3.8, 4) is 22.8 Å². The number of rotatable bonds is 9. The molecular formula is C23H26N4O5. The molecule has 0 saturated carbocycles. The first-order valence-corrected chi connectivity index (χ1v) is 10.1. The van der Waals surface area contributed by atoms with Crippen molar-refractivity contribution in [3.63, 3.8) is 0 Å². The highest BCUT2D eigenvalue weighted by Gasteiger charge is 2.26. The summed E-state index contributed by atoms with van der Waals surface area (Å²) in [5.74, 6) is 0.556. The SMILES string of the molecule is COc1ccc(-c2cc(C(=O)N[C@@H](C(=O)NCc3cccnc3)C(C)C)no2)c(OC)c1. The fourth-order valence-electron chi connectivity index (χ4n) is 3.06. The molecule has 168 valence electrons. The third kappa shape index (κ3) is 5.42. The van der Waals surface area contributed by atoms with Gasteiger partial charge in [0.2, 0.25) is 5.91 Å². The molecule has 3 aromatic rings. The Bertz CT molecular complexity index is 1070. The van der Waals surface area contributed by atoms with Gasteiger partial charge in [-0.1, -0.05) is 25.1 Å². The Balaban J connectivity index is 1.70. The van der Waals surface area contributed by atoms with Gasteiger partial charge in [0.25, 0.3) is 5.91 Å². The fraction of sp³-hybridized carbons (Fsp3) is 0.304. The standard InChI is InChI=1S/C23H26N4O5/c1-14(2)21(23(29)25-13-15-6-5-9-24-12-15)26-22(28)18-11-20(32-27-18)17-8-7-16(30-3)10-19(17)31-4/h5-12,14,21H,13H2,1-4H3,(H,25,29)(H,26,28)/t21-/m1/s1. The molecular weight excluding hydrogens is 412 g/mol. The van der Waals surface area contributed by atoms with Gasteiger partial charge in [-0.25, -0.2) is 0 Å². The molecule has 0 unspecified atom stereocenters. The van der Waals surface area contributed by atoms with Crippen LogP contribution in [0.15, 0.2) is 53.3 Å². The maximum Gasteiger partial charge on any atom is 0.274 e. The molecule has 2 amide bonds. The van der Waals surface area contributed by atoms with Crippen LogP contribution in [0.2, 0.25) is 0 Å². The van der Waals surface area contributed by atoms with E-state index in [-0.39, 0.29) is 17.5 Å². The molecule has 2 aromatic heterocycles. The highest BCUT2D eigenvalue weighted by molar-refractivity contribution is 5.96. The van der Waals surface area contributed by atoms with Crippen LogP contribution in [0, 0.1) is 5.92 Å². The zero-order valence-electron chi connectivity index (χ0n) is 18.4. The summed E-state index contributed by atoms with van der Waals surface area (Å²) in [6, 6.07) is 9.63. The summed E-state index contributed by atoms with van der Waals surface area (Å²) in [5.41, 5.74) is 1.54. The van der Waals surface area contributed by atoms with Gasteiger partial charge in [-0.3, -0.25) is 14.6 Å². The van der Waals surface area contributed by atoms with Crippen molar-refractivity contribution >= 4 is 11.8 Å². The largest absolute Gasteiger partial charge is 0.497 e. The maximum absolute atomic E-state index is 12.8. The average molecular weight is 438 g/mol. The summed E-state index contributed by atoms with van der Waals surface area (Å²) in [6.07, 6.45) is 3.34. The summed E-state index contributed by atoms with van der Waals surface area (Å²) >= 11 is 0. The molecule has 0 aliphatic carbocycles. The molecule has 0 spiro atoms. The maximum atomic E-state index is 12.8. The average Bonchev–Trinajstić information content (AvgIpc) is 3.31. The molecule has 1 aromatic carbocycles. The fourth-order valence-corrected chi connectivity index (χ4v) is 3.06. The van der Waals surface area contributed by atoms with Gasteiger partial charge >= 0.3 is 0 Å². The highest BCUT2D eigenvalue weighted by atomic mass is 16.5. The highest BCUT2D eigenvalue weighted by Crippen LogP contribution is 2.33. The van der Waals surface area contributed by atoms with Crippen LogP contribution in [0.5, 0.6) is 11.5 Å². The van der Waals surface area contributed by atoms with Crippen LogP contribution in [0.1, 0.15) is 29.9 Å². The van der Waals surface area contributed by atoms with Crippen molar-refractivity contribution in [3.05, 3.63) is 60.0 Å². The molecule has 0 aliphatic rings. The number of hydrogen-bond acceptors (Lipinski definition) is 7. The Morgan fingerprint density at radius 3 is 2.59 bits per heavy atom. The number of carbonyl (C=O) groups is 2. The van der Waals surface area contributed by atoms with Gasteiger partial charge in [-0.2, -0.15) is 0 Å². The molecule has 0 fully saturated rings. The second-order valence-electron chi connectivity index (χ2n) is 7.42. The second-order valence-corrected chi connectivity index (χ2v) is 7.42. The van der Waals surface area contributed by atoms with Crippen LogP contribution in [-0.4, -0.2) is 42.2 Å². The van der Waals surface area contributed by atoms with E-state index in [4.69, 9.17) is 14.0 Å². The quantitative estimate of drug-likeness (QED) is 0.528. The summed E-state index contributed by atoms with van der Waals surface area (Å²) in [7, 11) is 3.09. The zero-order chi connectivity index (χ0) is 23.1. The molecule has 0 saturated heterocycles. The predicted octanol–water partition coefficient (Wildman–Crippen LogP) is 2.82. The first-order valence-electron chi connectivity index (χ1n) is 10.1. The van der Waals surface area contributed by atoms with E-state index in [0.717, 1.165) is 5.56 Å². The Morgan fingerprint density at radius 1 is 1.12 bits per heavy atom. The first kappa shape index (κ1) is 22.8. The lowest BCUT2D eigenvalue weighted by Crippen LogP contribution is -2.49. The molecule has 0 bridgehead atoms. The molecule has 0 aliphatic heterocycles. The van der Waals surface area contributed by atoms with Crippen molar-refractivity contribution in [2.45, 2.75) is 26.4 Å². The molecule has 2 heterocycles. The number of benzene rings is 1. The summed E-state index contributed by atoms with van der Waals surface area (Å²) in [4.78, 5) is 29.5. The van der Waals surface area contributed by atoms with Crippen molar-refractivity contribution in [1.82, 2.24) is 20.8 Å². The smallest absolute Gasteiger partial charge is 0.274 e. The van der Waals surface area contributed by atoms with Crippen LogP contribution in [0.4, 0.5) is 0 Å². The van der Waals surface area contributed by atoms with Crippen LogP contribution < -0.4 is 20.1 Å². The Hall–Kier alpha value is -3.88. The zero-order valence-corrected chi connectivity index (χ0v) is 18.4. The number of aromatic nitrogens is 2. The normalized spacial score (nSPS) is 11.7. The number of nitrogens with one attached hydrogen (secondary N) is 2. The number of hydrogen-bond donors (Lipinski definition) is 2. The molecule has 3 rings (SSSR count). The minimum Gasteiger partial charge on any atom is -0.497 e. The molecule has 32 heavy (non-hydrogen) atoms. The van der Waals surface area contributed by atoms with Crippen LogP contribution in [-0.2, 0) is 11.3 Å². The van der Waals surface area contributed by atoms with E-state index in [0.29, 0.717) is 29.4 Å². The Morgan fingerprint density at radius 2 is 1.94 bits per heavy atom. The van der Waals surface area contributed by atoms with E-state index in [1.54, 1.807) is 43.8 Å². The number of ether oxygens (including phenoxy) is 2. The number of methoxy groups -OCH3 is 2. The van der Waals surface area contributed by atoms with Crippen molar-refractivity contribution in [1.29, 1.82) is 0 Å². The summed E-state index contributed by atoms with van der Waals surface area (Å²) in [5, 5.41) is 9.43. The lowest BCUT2D eigenvalue weighted by molar-refractivity contribution is -0.124. The minimum atomic E-state index is -0.741. The lowest BCUT2D eigenvalue weighted by Gasteiger charge is -2.21. The van der Waals surface area contributed by atoms with Gasteiger partial charge in [0.1, 0.15) is 17.5 Å². The summed E-state index contributed by atoms with van der Waals surface area (Å²) in [6.45, 7) is 4.02. The molecule has 0 radical (unpaired) electrons. The number of amides is 2. The summed E-state index contributed by atoms with van der Waals surface area (Å²) < 4.78 is 15.9. The van der Waals surface area contributed by atoms with Gasteiger partial charge in [0.05, 0.1) is 19.8 Å². The van der Waals surface area contributed by atoms with Crippen molar-refractivity contribution in [2.24, 2.45) is 5.92 Å². The van der Waals surface area contributed by atoms with Gasteiger partial charge in [0.15, 0.2) is 11.5 Å². The van der Waals surface area contributed by atoms with E-state index in [1.165, 1.54) is 13.2 Å². The lowest BCUT2D eigenvalue weighted by atomic mass is 10.0. The number of pyridine rings is 1. The van der Waals surface area contributed by atoms with E-state index in [9.17, 15) is 9.59 Å². The number of carbonyl (C=O) groups excluding carboxylic acids is 2. The van der Waals surface area contributed by atoms with Crippen molar-refractivity contribution in [2.75, 3.05) is 14.2 Å². The monoisotopic (exact) mass is 438 g/mol. The van der Waals surface area contributed by atoms with Gasteiger partial charge < -0.3 is 24.6 Å². The van der Waals surface area contributed by atoms with Crippen molar-refractivity contribution < 1.29 is 23.6 Å². The molecule has 9 heteroatoms. The van der Waals surface area contributed by atoms with E-state index in [2.05, 4.69) is 20.8 Å². The van der Waals surface area contributed by atoms with E-state index < -0.39 is 11.9 Å². The molecule has 1 atom stereocenters. The third-order valence-corrected chi connectivity index (χ3v) is 4.84. The Labute approximate surface area is 186 Å². The Kier molecular flexibility index (Phi) is 7.43. The minimum absolute atomic E-state index is 0.0589. The van der Waals surface area contributed by atoms with Gasteiger partial charge in [-0.05, 0) is 29.7 Å². The topological polar surface area (TPSA) is 116 Å². The molecule has 2 N–H and O–H groups in total. The van der Waals surface area contributed by atoms with Crippen LogP contribution >= 0.6 is 0 Å². The second kappa shape index (κ2) is 10.4. The van der Waals surface area contributed by atoms with Gasteiger partial charge in [0, 0.05) is 31.1 Å². The molecule has 9 nitrogen and oxygen atoms in total. The van der Waals surface area contributed by atoms with E-state index in [1.807, 2.05) is 19.9 Å². The number of nitrogens with zero attached hydrogens (tertiary/aromatic N) is 2. The van der Waals surface area contributed by atoms with E-state index >= 15 is 0 Å². The third-order valence-electron chi connectivity index (χ3n) is 4.84. The predicted molar refractivity (Wildman–Crippen MR) is 117 cm³/mol. The first-order chi connectivity index (χ1) is 15.4. The van der Waals surface area contributed by atoms with Gasteiger partial charge in [-0.15, -0.1) is 0 Å². The van der Waals surface area contributed by atoms with Crippen LogP contribution in [0.3, 0.4) is 0 Å².